The van der Waals surface area contributed by atoms with E-state index in [4.69, 9.17) is 5.11 Å². The SMILES string of the molecule is CC(C)(C)N(CC(=O)O)C(=O)NCCNC(=O)C1CC1. The zero-order valence-corrected chi connectivity index (χ0v) is 12.2. The van der Waals surface area contributed by atoms with Gasteiger partial charge in [-0.3, -0.25) is 9.59 Å². The molecule has 0 aromatic carbocycles. The van der Waals surface area contributed by atoms with Gasteiger partial charge >= 0.3 is 12.0 Å². The summed E-state index contributed by atoms with van der Waals surface area (Å²) in [5.74, 6) is -0.890. The molecule has 0 aliphatic heterocycles. The fraction of sp³-hybridized carbons (Fsp3) is 0.769. The van der Waals surface area contributed by atoms with Gasteiger partial charge in [-0.15, -0.1) is 0 Å². The number of rotatable bonds is 6. The summed E-state index contributed by atoms with van der Waals surface area (Å²) in [5, 5.41) is 14.2. The quantitative estimate of drug-likeness (QED) is 0.615. The summed E-state index contributed by atoms with van der Waals surface area (Å²) in [4.78, 5) is 35.4. The number of carboxylic acids is 1. The molecule has 0 radical (unpaired) electrons. The highest BCUT2D eigenvalue weighted by Gasteiger charge is 2.30. The molecule has 3 amide bonds. The summed E-state index contributed by atoms with van der Waals surface area (Å²) in [6, 6.07) is -0.444. The first kappa shape index (κ1) is 16.3. The van der Waals surface area contributed by atoms with Crippen molar-refractivity contribution in [2.45, 2.75) is 39.2 Å². The van der Waals surface area contributed by atoms with E-state index in [1.54, 1.807) is 20.8 Å². The van der Waals surface area contributed by atoms with Crippen molar-refractivity contribution in [3.63, 3.8) is 0 Å². The van der Waals surface area contributed by atoms with Gasteiger partial charge in [0.15, 0.2) is 0 Å². The lowest BCUT2D eigenvalue weighted by atomic mass is 10.1. The maximum absolute atomic E-state index is 12.0. The van der Waals surface area contributed by atoms with E-state index >= 15 is 0 Å². The Bertz CT molecular complexity index is 386. The number of carboxylic acid groups (broad SMARTS) is 1. The van der Waals surface area contributed by atoms with Crippen LogP contribution in [0.25, 0.3) is 0 Å². The van der Waals surface area contributed by atoms with Gasteiger partial charge in [0.05, 0.1) is 0 Å². The lowest BCUT2D eigenvalue weighted by molar-refractivity contribution is -0.138. The minimum Gasteiger partial charge on any atom is -0.480 e. The predicted octanol–water partition coefficient (Wildman–Crippen LogP) is 0.407. The zero-order chi connectivity index (χ0) is 15.3. The number of nitrogens with one attached hydrogen (secondary N) is 2. The van der Waals surface area contributed by atoms with Crippen molar-refractivity contribution in [1.82, 2.24) is 15.5 Å². The highest BCUT2D eigenvalue weighted by atomic mass is 16.4. The van der Waals surface area contributed by atoms with Crippen LogP contribution in [0.5, 0.6) is 0 Å². The molecule has 0 heterocycles. The van der Waals surface area contributed by atoms with Crippen LogP contribution in [-0.4, -0.2) is 53.1 Å². The third kappa shape index (κ3) is 5.46. The second-order valence-electron chi connectivity index (χ2n) is 5.95. The Labute approximate surface area is 118 Å². The zero-order valence-electron chi connectivity index (χ0n) is 12.2. The van der Waals surface area contributed by atoms with Gasteiger partial charge in [0.2, 0.25) is 5.91 Å². The Kier molecular flexibility index (Phi) is 5.35. The van der Waals surface area contributed by atoms with Crippen molar-refractivity contribution in [3.8, 4) is 0 Å². The molecule has 3 N–H and O–H groups in total. The number of urea groups is 1. The Morgan fingerprint density at radius 3 is 2.15 bits per heavy atom. The summed E-state index contributed by atoms with van der Waals surface area (Å²) in [6.45, 7) is 5.58. The van der Waals surface area contributed by atoms with Gasteiger partial charge in [-0.25, -0.2) is 4.79 Å². The topological polar surface area (TPSA) is 98.7 Å². The third-order valence-corrected chi connectivity index (χ3v) is 3.00. The second-order valence-corrected chi connectivity index (χ2v) is 5.95. The molecule has 20 heavy (non-hydrogen) atoms. The van der Waals surface area contributed by atoms with Crippen LogP contribution in [0.3, 0.4) is 0 Å². The molecule has 1 aliphatic carbocycles. The van der Waals surface area contributed by atoms with Crippen molar-refractivity contribution in [3.05, 3.63) is 0 Å². The molecule has 0 atom stereocenters. The Balaban J connectivity index is 2.33. The average Bonchev–Trinajstić information content (AvgIpc) is 3.13. The van der Waals surface area contributed by atoms with Crippen LogP contribution in [0.15, 0.2) is 0 Å². The average molecular weight is 285 g/mol. The molecule has 1 saturated carbocycles. The van der Waals surface area contributed by atoms with Gasteiger partial charge in [0, 0.05) is 24.5 Å². The van der Waals surface area contributed by atoms with Crippen LogP contribution in [0, 0.1) is 5.92 Å². The fourth-order valence-electron chi connectivity index (χ4n) is 1.69. The number of carbonyl (C=O) groups excluding carboxylic acids is 2. The third-order valence-electron chi connectivity index (χ3n) is 3.00. The Morgan fingerprint density at radius 2 is 1.70 bits per heavy atom. The van der Waals surface area contributed by atoms with E-state index in [0.29, 0.717) is 6.54 Å². The van der Waals surface area contributed by atoms with Crippen molar-refractivity contribution in [2.24, 2.45) is 5.92 Å². The van der Waals surface area contributed by atoms with Crippen LogP contribution in [0.1, 0.15) is 33.6 Å². The second kappa shape index (κ2) is 6.58. The van der Waals surface area contributed by atoms with E-state index in [1.165, 1.54) is 4.90 Å². The van der Waals surface area contributed by atoms with E-state index in [9.17, 15) is 14.4 Å². The van der Waals surface area contributed by atoms with Crippen molar-refractivity contribution < 1.29 is 19.5 Å². The molecular formula is C13H23N3O4. The monoisotopic (exact) mass is 285 g/mol. The van der Waals surface area contributed by atoms with E-state index in [1.807, 2.05) is 0 Å². The lowest BCUT2D eigenvalue weighted by Crippen LogP contribution is -2.53. The normalized spacial score (nSPS) is 14.6. The first-order chi connectivity index (χ1) is 9.21. The first-order valence-electron chi connectivity index (χ1n) is 6.77. The lowest BCUT2D eigenvalue weighted by Gasteiger charge is -2.34. The largest absolute Gasteiger partial charge is 0.480 e. The Hall–Kier alpha value is -1.79. The van der Waals surface area contributed by atoms with Gasteiger partial charge in [-0.2, -0.15) is 0 Å². The minimum atomic E-state index is -1.06. The van der Waals surface area contributed by atoms with Gasteiger partial charge in [0.1, 0.15) is 6.54 Å². The standard InChI is InChI=1S/C13H23N3O4/c1-13(2,3)16(8-10(17)18)12(20)15-7-6-14-11(19)9-4-5-9/h9H,4-8H2,1-3H3,(H,14,19)(H,15,20)(H,17,18). The predicted molar refractivity (Wildman–Crippen MR) is 73.2 cm³/mol. The summed E-state index contributed by atoms with van der Waals surface area (Å²) in [5.41, 5.74) is -0.584. The van der Waals surface area contributed by atoms with Crippen LogP contribution < -0.4 is 10.6 Å². The maximum atomic E-state index is 12.0. The summed E-state index contributed by atoms with van der Waals surface area (Å²) in [6.07, 6.45) is 1.88. The fourth-order valence-corrected chi connectivity index (χ4v) is 1.69. The minimum absolute atomic E-state index is 0.0254. The van der Waals surface area contributed by atoms with Crippen molar-refractivity contribution in [1.29, 1.82) is 0 Å². The number of hydrogen-bond donors (Lipinski definition) is 3. The van der Waals surface area contributed by atoms with Crippen LogP contribution in [0.2, 0.25) is 0 Å². The molecule has 0 saturated heterocycles. The van der Waals surface area contributed by atoms with Gasteiger partial charge in [-0.1, -0.05) is 0 Å². The summed E-state index contributed by atoms with van der Waals surface area (Å²) in [7, 11) is 0. The van der Waals surface area contributed by atoms with Gasteiger partial charge in [-0.05, 0) is 33.6 Å². The van der Waals surface area contributed by atoms with E-state index in [-0.39, 0.29) is 24.9 Å². The number of amides is 3. The number of carbonyl (C=O) groups is 3. The van der Waals surface area contributed by atoms with E-state index in [0.717, 1.165) is 12.8 Å². The molecule has 7 nitrogen and oxygen atoms in total. The molecule has 0 aromatic rings. The van der Waals surface area contributed by atoms with E-state index in [2.05, 4.69) is 10.6 Å². The molecule has 0 aromatic heterocycles. The highest BCUT2D eigenvalue weighted by Crippen LogP contribution is 2.28. The van der Waals surface area contributed by atoms with E-state index < -0.39 is 17.5 Å². The molecule has 114 valence electrons. The molecule has 1 rings (SSSR count). The highest BCUT2D eigenvalue weighted by molar-refractivity contribution is 5.81. The number of aliphatic carboxylic acids is 1. The smallest absolute Gasteiger partial charge is 0.323 e. The van der Waals surface area contributed by atoms with Crippen molar-refractivity contribution in [2.75, 3.05) is 19.6 Å². The summed E-state index contributed by atoms with van der Waals surface area (Å²) >= 11 is 0. The summed E-state index contributed by atoms with van der Waals surface area (Å²) < 4.78 is 0. The molecule has 0 unspecified atom stereocenters. The van der Waals surface area contributed by atoms with Gasteiger partial charge in [0.25, 0.3) is 0 Å². The molecule has 7 heteroatoms. The van der Waals surface area contributed by atoms with Crippen LogP contribution in [0.4, 0.5) is 4.79 Å². The van der Waals surface area contributed by atoms with Gasteiger partial charge < -0.3 is 20.6 Å². The van der Waals surface area contributed by atoms with Crippen LogP contribution in [-0.2, 0) is 9.59 Å². The molecule has 1 fully saturated rings. The Morgan fingerprint density at radius 1 is 1.15 bits per heavy atom. The molecular weight excluding hydrogens is 262 g/mol. The maximum Gasteiger partial charge on any atom is 0.323 e. The van der Waals surface area contributed by atoms with Crippen LogP contribution >= 0.6 is 0 Å². The number of nitrogens with zero attached hydrogens (tertiary/aromatic N) is 1. The first-order valence-corrected chi connectivity index (χ1v) is 6.77. The molecule has 1 aliphatic rings. The molecule has 0 bridgehead atoms. The molecule has 0 spiro atoms. The number of hydrogen-bond acceptors (Lipinski definition) is 3. The van der Waals surface area contributed by atoms with Crippen molar-refractivity contribution >= 4 is 17.9 Å².